The lowest BCUT2D eigenvalue weighted by Gasteiger charge is -2.09. The summed E-state index contributed by atoms with van der Waals surface area (Å²) >= 11 is 7.75. The standard InChI is InChI=1S/C13H14ClN3OS/c1-8(18)17-13-4-3-10(5-12(13)14)16-7-11-6-15-9(2)19-11/h3-6,16H,7H2,1-2H3,(H,17,18). The first-order valence-electron chi connectivity index (χ1n) is 5.77. The van der Waals surface area contributed by atoms with Gasteiger partial charge in [-0.15, -0.1) is 11.3 Å². The number of aryl methyl sites for hydroxylation is 1. The minimum absolute atomic E-state index is 0.136. The molecule has 19 heavy (non-hydrogen) atoms. The van der Waals surface area contributed by atoms with Crippen LogP contribution in [0.25, 0.3) is 0 Å². The monoisotopic (exact) mass is 295 g/mol. The van der Waals surface area contributed by atoms with E-state index in [4.69, 9.17) is 11.6 Å². The van der Waals surface area contributed by atoms with E-state index in [0.29, 0.717) is 17.3 Å². The normalized spacial score (nSPS) is 10.3. The first-order valence-corrected chi connectivity index (χ1v) is 6.96. The highest BCUT2D eigenvalue weighted by Crippen LogP contribution is 2.26. The molecule has 0 atom stereocenters. The van der Waals surface area contributed by atoms with E-state index in [1.54, 1.807) is 23.5 Å². The number of rotatable bonds is 4. The Labute approximate surface area is 120 Å². The van der Waals surface area contributed by atoms with E-state index in [9.17, 15) is 4.79 Å². The molecule has 0 aliphatic carbocycles. The van der Waals surface area contributed by atoms with Gasteiger partial charge in [0, 0.05) is 23.7 Å². The van der Waals surface area contributed by atoms with Crippen LogP contribution >= 0.6 is 22.9 Å². The van der Waals surface area contributed by atoms with Crippen LogP contribution in [-0.2, 0) is 11.3 Å². The molecule has 1 aromatic carbocycles. The second-order valence-electron chi connectivity index (χ2n) is 4.07. The van der Waals surface area contributed by atoms with E-state index in [1.807, 2.05) is 19.2 Å². The SMILES string of the molecule is CC(=O)Nc1ccc(NCc2cnc(C)s2)cc1Cl. The Hall–Kier alpha value is -1.59. The van der Waals surface area contributed by atoms with Crippen LogP contribution in [0.5, 0.6) is 0 Å². The summed E-state index contributed by atoms with van der Waals surface area (Å²) in [5, 5.41) is 7.51. The maximum Gasteiger partial charge on any atom is 0.221 e. The van der Waals surface area contributed by atoms with Gasteiger partial charge in [-0.1, -0.05) is 11.6 Å². The van der Waals surface area contributed by atoms with Crippen molar-refractivity contribution in [2.45, 2.75) is 20.4 Å². The number of hydrogen-bond acceptors (Lipinski definition) is 4. The smallest absolute Gasteiger partial charge is 0.221 e. The van der Waals surface area contributed by atoms with Crippen LogP contribution in [0.15, 0.2) is 24.4 Å². The predicted octanol–water partition coefficient (Wildman–Crippen LogP) is 3.68. The highest BCUT2D eigenvalue weighted by Gasteiger charge is 2.04. The summed E-state index contributed by atoms with van der Waals surface area (Å²) in [6.07, 6.45) is 1.86. The summed E-state index contributed by atoms with van der Waals surface area (Å²) in [4.78, 5) is 16.3. The second kappa shape index (κ2) is 6.04. The Bertz CT molecular complexity index is 597. The molecule has 0 spiro atoms. The molecule has 1 aromatic heterocycles. The molecular weight excluding hydrogens is 282 g/mol. The van der Waals surface area contributed by atoms with E-state index in [2.05, 4.69) is 15.6 Å². The van der Waals surface area contributed by atoms with Crippen molar-refractivity contribution in [3.63, 3.8) is 0 Å². The Morgan fingerprint density at radius 3 is 2.84 bits per heavy atom. The number of nitrogens with one attached hydrogen (secondary N) is 2. The lowest BCUT2D eigenvalue weighted by molar-refractivity contribution is -0.114. The van der Waals surface area contributed by atoms with Crippen LogP contribution in [0.4, 0.5) is 11.4 Å². The number of benzene rings is 1. The molecule has 2 rings (SSSR count). The van der Waals surface area contributed by atoms with Crippen molar-refractivity contribution in [1.82, 2.24) is 4.98 Å². The first kappa shape index (κ1) is 13.8. The fourth-order valence-electron chi connectivity index (χ4n) is 1.59. The van der Waals surface area contributed by atoms with E-state index in [-0.39, 0.29) is 5.91 Å². The van der Waals surface area contributed by atoms with Crippen LogP contribution < -0.4 is 10.6 Å². The van der Waals surface area contributed by atoms with Crippen molar-refractivity contribution < 1.29 is 4.79 Å². The van der Waals surface area contributed by atoms with E-state index in [1.165, 1.54) is 11.8 Å². The third-order valence-corrected chi connectivity index (χ3v) is 3.64. The average Bonchev–Trinajstić information content (AvgIpc) is 2.75. The van der Waals surface area contributed by atoms with Crippen LogP contribution in [0.3, 0.4) is 0 Å². The Balaban J connectivity index is 2.01. The van der Waals surface area contributed by atoms with Crippen LogP contribution in [0, 0.1) is 6.92 Å². The van der Waals surface area contributed by atoms with E-state index < -0.39 is 0 Å². The van der Waals surface area contributed by atoms with Crippen molar-refractivity contribution in [2.75, 3.05) is 10.6 Å². The molecule has 100 valence electrons. The number of aromatic nitrogens is 1. The summed E-state index contributed by atoms with van der Waals surface area (Å²) in [5.41, 5.74) is 1.53. The van der Waals surface area contributed by atoms with Crippen molar-refractivity contribution >= 4 is 40.2 Å². The summed E-state index contributed by atoms with van der Waals surface area (Å²) in [6.45, 7) is 4.14. The van der Waals surface area contributed by atoms with Gasteiger partial charge in [0.05, 0.1) is 22.3 Å². The fourth-order valence-corrected chi connectivity index (χ4v) is 2.55. The van der Waals surface area contributed by atoms with Crippen molar-refractivity contribution in [2.24, 2.45) is 0 Å². The zero-order chi connectivity index (χ0) is 13.8. The number of halogens is 1. The van der Waals surface area contributed by atoms with Crippen LogP contribution in [0.2, 0.25) is 5.02 Å². The third kappa shape index (κ3) is 3.94. The molecule has 0 saturated heterocycles. The third-order valence-electron chi connectivity index (χ3n) is 2.42. The maximum atomic E-state index is 11.0. The predicted molar refractivity (Wildman–Crippen MR) is 79.9 cm³/mol. The molecular formula is C13H14ClN3OS. The van der Waals surface area contributed by atoms with Gasteiger partial charge in [0.2, 0.25) is 5.91 Å². The molecule has 0 aliphatic heterocycles. The van der Waals surface area contributed by atoms with Gasteiger partial charge in [0.1, 0.15) is 0 Å². The van der Waals surface area contributed by atoms with Gasteiger partial charge in [-0.2, -0.15) is 0 Å². The van der Waals surface area contributed by atoms with Crippen LogP contribution in [-0.4, -0.2) is 10.9 Å². The Kier molecular flexibility index (Phi) is 4.39. The molecule has 0 fully saturated rings. The van der Waals surface area contributed by atoms with Crippen molar-refractivity contribution in [1.29, 1.82) is 0 Å². The fraction of sp³-hybridized carbons (Fsp3) is 0.231. The van der Waals surface area contributed by atoms with Gasteiger partial charge in [0.15, 0.2) is 0 Å². The molecule has 0 bridgehead atoms. The first-order chi connectivity index (χ1) is 9.04. The molecule has 0 aliphatic rings. The van der Waals surface area contributed by atoms with E-state index in [0.717, 1.165) is 10.7 Å². The number of carbonyl (C=O) groups is 1. The minimum Gasteiger partial charge on any atom is -0.380 e. The van der Waals surface area contributed by atoms with Gasteiger partial charge in [0.25, 0.3) is 0 Å². The zero-order valence-corrected chi connectivity index (χ0v) is 12.2. The average molecular weight is 296 g/mol. The largest absolute Gasteiger partial charge is 0.380 e. The van der Waals surface area contributed by atoms with Gasteiger partial charge in [-0.05, 0) is 25.1 Å². The number of anilines is 2. The zero-order valence-electron chi connectivity index (χ0n) is 10.7. The quantitative estimate of drug-likeness (QED) is 0.905. The van der Waals surface area contributed by atoms with Gasteiger partial charge in [-0.3, -0.25) is 4.79 Å². The van der Waals surface area contributed by atoms with Gasteiger partial charge >= 0.3 is 0 Å². The summed E-state index contributed by atoms with van der Waals surface area (Å²) < 4.78 is 0. The van der Waals surface area contributed by atoms with Crippen molar-refractivity contribution in [3.05, 3.63) is 39.3 Å². The highest BCUT2D eigenvalue weighted by atomic mass is 35.5. The molecule has 2 N–H and O–H groups in total. The number of amides is 1. The minimum atomic E-state index is -0.136. The summed E-state index contributed by atoms with van der Waals surface area (Å²) in [6, 6.07) is 5.45. The van der Waals surface area contributed by atoms with Crippen molar-refractivity contribution in [3.8, 4) is 0 Å². The number of thiazole rings is 1. The molecule has 4 nitrogen and oxygen atoms in total. The summed E-state index contributed by atoms with van der Waals surface area (Å²) in [5.74, 6) is -0.136. The second-order valence-corrected chi connectivity index (χ2v) is 5.80. The molecule has 0 unspecified atom stereocenters. The van der Waals surface area contributed by atoms with Crippen LogP contribution in [0.1, 0.15) is 16.8 Å². The molecule has 0 radical (unpaired) electrons. The lowest BCUT2D eigenvalue weighted by atomic mass is 10.2. The molecule has 0 saturated carbocycles. The maximum absolute atomic E-state index is 11.0. The number of hydrogen-bond donors (Lipinski definition) is 2. The number of nitrogens with zero attached hydrogens (tertiary/aromatic N) is 1. The van der Waals surface area contributed by atoms with E-state index >= 15 is 0 Å². The van der Waals surface area contributed by atoms with Gasteiger partial charge in [-0.25, -0.2) is 4.98 Å². The topological polar surface area (TPSA) is 54.0 Å². The Morgan fingerprint density at radius 1 is 1.47 bits per heavy atom. The lowest BCUT2D eigenvalue weighted by Crippen LogP contribution is -2.06. The number of carbonyl (C=O) groups excluding carboxylic acids is 1. The highest BCUT2D eigenvalue weighted by molar-refractivity contribution is 7.11. The molecule has 1 heterocycles. The summed E-state index contributed by atoms with van der Waals surface area (Å²) in [7, 11) is 0. The molecule has 6 heteroatoms. The molecule has 1 amide bonds. The molecule has 2 aromatic rings. The van der Waals surface area contributed by atoms with Gasteiger partial charge < -0.3 is 10.6 Å². The Morgan fingerprint density at radius 2 is 2.26 bits per heavy atom.